The number of ether oxygens (including phenoxy) is 1. The lowest BCUT2D eigenvalue weighted by Crippen LogP contribution is -2.54. The lowest BCUT2D eigenvalue weighted by molar-refractivity contribution is 0.159. The summed E-state index contributed by atoms with van der Waals surface area (Å²) in [6, 6.07) is 0.291. The first kappa shape index (κ1) is 17.9. The molecular weight excluding hydrogens is 276 g/mol. The van der Waals surface area contributed by atoms with Gasteiger partial charge in [0.05, 0.1) is 12.4 Å². The van der Waals surface area contributed by atoms with Gasteiger partial charge in [0.2, 0.25) is 10.0 Å². The monoisotopic (exact) mass is 306 g/mol. The lowest BCUT2D eigenvalue weighted by Gasteiger charge is -2.38. The van der Waals surface area contributed by atoms with Gasteiger partial charge in [-0.2, -0.15) is 4.31 Å². The largest absolute Gasteiger partial charge is 0.381 e. The quantitative estimate of drug-likeness (QED) is 0.657. The SMILES string of the molecule is CCCNC(C)C1CCCCN1S(=O)(=O)CCOCC. The first-order chi connectivity index (χ1) is 9.53. The lowest BCUT2D eigenvalue weighted by atomic mass is 9.99. The van der Waals surface area contributed by atoms with Crippen molar-refractivity contribution in [2.75, 3.05) is 32.1 Å². The van der Waals surface area contributed by atoms with Crippen molar-refractivity contribution in [1.82, 2.24) is 9.62 Å². The van der Waals surface area contributed by atoms with Gasteiger partial charge >= 0.3 is 0 Å². The van der Waals surface area contributed by atoms with Gasteiger partial charge in [-0.3, -0.25) is 0 Å². The second-order valence-corrected chi connectivity index (χ2v) is 7.47. The molecule has 5 nitrogen and oxygen atoms in total. The van der Waals surface area contributed by atoms with Crippen LogP contribution >= 0.6 is 0 Å². The molecule has 0 aromatic carbocycles. The number of hydrogen-bond acceptors (Lipinski definition) is 4. The van der Waals surface area contributed by atoms with Crippen LogP contribution in [0.15, 0.2) is 0 Å². The third-order valence-electron chi connectivity index (χ3n) is 3.84. The third-order valence-corrected chi connectivity index (χ3v) is 5.69. The summed E-state index contributed by atoms with van der Waals surface area (Å²) < 4.78 is 31.8. The summed E-state index contributed by atoms with van der Waals surface area (Å²) in [5.74, 6) is 0.0951. The van der Waals surface area contributed by atoms with Gasteiger partial charge in [0.25, 0.3) is 0 Å². The van der Waals surface area contributed by atoms with Crippen LogP contribution in [0.1, 0.15) is 46.5 Å². The molecule has 0 radical (unpaired) electrons. The Morgan fingerprint density at radius 2 is 2.10 bits per heavy atom. The predicted octanol–water partition coefficient (Wildman–Crippen LogP) is 1.60. The molecule has 0 spiro atoms. The Morgan fingerprint density at radius 3 is 2.75 bits per heavy atom. The molecular formula is C14H30N2O3S. The summed E-state index contributed by atoms with van der Waals surface area (Å²) in [5.41, 5.74) is 0. The maximum atomic E-state index is 12.5. The molecule has 2 unspecified atom stereocenters. The molecule has 1 heterocycles. The molecule has 2 atom stereocenters. The first-order valence-electron chi connectivity index (χ1n) is 7.83. The van der Waals surface area contributed by atoms with Crippen molar-refractivity contribution in [2.24, 2.45) is 0 Å². The van der Waals surface area contributed by atoms with Crippen LogP contribution in [-0.2, 0) is 14.8 Å². The van der Waals surface area contributed by atoms with Gasteiger partial charge in [0.15, 0.2) is 0 Å². The second-order valence-electron chi connectivity index (χ2n) is 5.43. The fourth-order valence-corrected chi connectivity index (χ4v) is 4.38. The maximum Gasteiger partial charge on any atom is 0.216 e. The summed E-state index contributed by atoms with van der Waals surface area (Å²) in [4.78, 5) is 0. The van der Waals surface area contributed by atoms with Gasteiger partial charge in [0.1, 0.15) is 0 Å². The van der Waals surface area contributed by atoms with Gasteiger partial charge in [0, 0.05) is 25.2 Å². The second kappa shape index (κ2) is 8.97. The number of nitrogens with one attached hydrogen (secondary N) is 1. The van der Waals surface area contributed by atoms with Gasteiger partial charge in [-0.05, 0) is 39.7 Å². The third kappa shape index (κ3) is 5.31. The minimum absolute atomic E-state index is 0.0851. The van der Waals surface area contributed by atoms with E-state index in [1.54, 1.807) is 4.31 Å². The molecule has 1 saturated heterocycles. The highest BCUT2D eigenvalue weighted by atomic mass is 32.2. The average Bonchev–Trinajstić information content (AvgIpc) is 2.45. The molecule has 6 heteroatoms. The molecule has 20 heavy (non-hydrogen) atoms. The summed E-state index contributed by atoms with van der Waals surface area (Å²) in [6.45, 7) is 8.54. The Hall–Kier alpha value is -0.170. The van der Waals surface area contributed by atoms with Crippen LogP contribution in [0.4, 0.5) is 0 Å². The number of nitrogens with zero attached hydrogens (tertiary/aromatic N) is 1. The summed E-state index contributed by atoms with van der Waals surface area (Å²) in [6.07, 6.45) is 4.09. The molecule has 120 valence electrons. The molecule has 1 aliphatic heterocycles. The van der Waals surface area contributed by atoms with E-state index in [0.29, 0.717) is 19.8 Å². The molecule has 0 saturated carbocycles. The predicted molar refractivity (Wildman–Crippen MR) is 82.4 cm³/mol. The Kier molecular flexibility index (Phi) is 8.02. The standard InChI is InChI=1S/C14H30N2O3S/c1-4-9-15-13(3)14-8-6-7-10-16(14)20(17,18)12-11-19-5-2/h13-15H,4-12H2,1-3H3. The molecule has 1 rings (SSSR count). The van der Waals surface area contributed by atoms with Gasteiger partial charge in [-0.25, -0.2) is 8.42 Å². The van der Waals surface area contributed by atoms with Crippen LogP contribution < -0.4 is 5.32 Å². The van der Waals surface area contributed by atoms with Crippen molar-refractivity contribution in [3.05, 3.63) is 0 Å². The molecule has 1 fully saturated rings. The summed E-state index contributed by atoms with van der Waals surface area (Å²) in [7, 11) is -3.21. The van der Waals surface area contributed by atoms with E-state index in [4.69, 9.17) is 4.74 Å². The van der Waals surface area contributed by atoms with Crippen molar-refractivity contribution in [3.8, 4) is 0 Å². The van der Waals surface area contributed by atoms with Crippen molar-refractivity contribution in [1.29, 1.82) is 0 Å². The number of hydrogen-bond donors (Lipinski definition) is 1. The van der Waals surface area contributed by atoms with Gasteiger partial charge in [-0.1, -0.05) is 13.3 Å². The van der Waals surface area contributed by atoms with Crippen molar-refractivity contribution in [3.63, 3.8) is 0 Å². The number of piperidine rings is 1. The number of sulfonamides is 1. The van der Waals surface area contributed by atoms with Crippen LogP contribution in [0, 0.1) is 0 Å². The summed E-state index contributed by atoms with van der Waals surface area (Å²) in [5, 5.41) is 3.43. The molecule has 0 aromatic heterocycles. The van der Waals surface area contributed by atoms with Crippen molar-refractivity contribution < 1.29 is 13.2 Å². The van der Waals surface area contributed by atoms with Crippen molar-refractivity contribution in [2.45, 2.75) is 58.5 Å². The zero-order chi connectivity index (χ0) is 15.0. The maximum absolute atomic E-state index is 12.5. The van der Waals surface area contributed by atoms with Gasteiger partial charge < -0.3 is 10.1 Å². The Labute approximate surface area is 124 Å². The molecule has 1 N–H and O–H groups in total. The van der Waals surface area contributed by atoms with E-state index >= 15 is 0 Å². The smallest absolute Gasteiger partial charge is 0.216 e. The summed E-state index contributed by atoms with van der Waals surface area (Å²) >= 11 is 0. The van der Waals surface area contributed by atoms with E-state index in [1.165, 1.54) is 0 Å². The fraction of sp³-hybridized carbons (Fsp3) is 1.00. The van der Waals surface area contributed by atoms with Crippen LogP contribution in [-0.4, -0.2) is 56.9 Å². The minimum Gasteiger partial charge on any atom is -0.381 e. The normalized spacial score (nSPS) is 22.9. The molecule has 0 amide bonds. The molecule has 0 aliphatic carbocycles. The highest BCUT2D eigenvalue weighted by molar-refractivity contribution is 7.89. The minimum atomic E-state index is -3.21. The van der Waals surface area contributed by atoms with E-state index in [2.05, 4.69) is 19.2 Å². The van der Waals surface area contributed by atoms with Crippen LogP contribution in [0.3, 0.4) is 0 Å². The molecule has 0 bridgehead atoms. The van der Waals surface area contributed by atoms with Gasteiger partial charge in [-0.15, -0.1) is 0 Å². The van der Waals surface area contributed by atoms with E-state index < -0.39 is 10.0 Å². The fourth-order valence-electron chi connectivity index (χ4n) is 2.71. The Balaban J connectivity index is 2.67. The van der Waals surface area contributed by atoms with Crippen LogP contribution in [0.2, 0.25) is 0 Å². The Bertz CT molecular complexity index is 359. The zero-order valence-corrected chi connectivity index (χ0v) is 13.9. The topological polar surface area (TPSA) is 58.6 Å². The van der Waals surface area contributed by atoms with E-state index in [0.717, 1.165) is 32.2 Å². The highest BCUT2D eigenvalue weighted by Crippen LogP contribution is 2.23. The Morgan fingerprint density at radius 1 is 1.35 bits per heavy atom. The van der Waals surface area contributed by atoms with E-state index in [9.17, 15) is 8.42 Å². The van der Waals surface area contributed by atoms with Crippen molar-refractivity contribution >= 4 is 10.0 Å². The van der Waals surface area contributed by atoms with E-state index in [-0.39, 0.29) is 17.8 Å². The zero-order valence-electron chi connectivity index (χ0n) is 13.1. The number of rotatable bonds is 9. The van der Waals surface area contributed by atoms with Crippen LogP contribution in [0.5, 0.6) is 0 Å². The van der Waals surface area contributed by atoms with E-state index in [1.807, 2.05) is 6.92 Å². The average molecular weight is 306 g/mol. The first-order valence-corrected chi connectivity index (χ1v) is 9.44. The highest BCUT2D eigenvalue weighted by Gasteiger charge is 2.34. The molecule has 1 aliphatic rings. The van der Waals surface area contributed by atoms with Crippen LogP contribution in [0.25, 0.3) is 0 Å². The molecule has 0 aromatic rings.